The highest BCUT2D eigenvalue weighted by molar-refractivity contribution is 6.31. The molecule has 2 heterocycles. The van der Waals surface area contributed by atoms with Crippen LogP contribution in [0.5, 0.6) is 0 Å². The summed E-state index contributed by atoms with van der Waals surface area (Å²) in [6.07, 6.45) is 9.04. The van der Waals surface area contributed by atoms with Crippen molar-refractivity contribution in [1.29, 1.82) is 0 Å². The summed E-state index contributed by atoms with van der Waals surface area (Å²) in [5.74, 6) is 0.650. The molecule has 6 rings (SSSR count). The fourth-order valence-electron chi connectivity index (χ4n) is 6.31. The summed E-state index contributed by atoms with van der Waals surface area (Å²) in [5, 5.41) is 4.49. The molecule has 2 aliphatic rings. The topological polar surface area (TPSA) is 31.4 Å². The first kappa shape index (κ1) is 22.8. The zero-order valence-electron chi connectivity index (χ0n) is 20.6. The van der Waals surface area contributed by atoms with Crippen molar-refractivity contribution in [3.05, 3.63) is 76.9 Å². The van der Waals surface area contributed by atoms with Crippen LogP contribution < -0.4 is 0 Å². The smallest absolute Gasteiger partial charge is 0.0682 e. The van der Waals surface area contributed by atoms with Crippen LogP contribution in [0.1, 0.15) is 63.1 Å². The number of fused-ring (bicyclic) bond motifs is 4. The predicted octanol–water partition coefficient (Wildman–Crippen LogP) is 8.66. The van der Waals surface area contributed by atoms with Gasteiger partial charge >= 0.3 is 0 Å². The summed E-state index contributed by atoms with van der Waals surface area (Å²) in [6, 6.07) is 21.8. The number of hydrogen-bond acceptors (Lipinski definition) is 2. The van der Waals surface area contributed by atoms with Gasteiger partial charge in [0.2, 0.25) is 0 Å². The Kier molecular flexibility index (Phi) is 6.39. The first-order valence-corrected chi connectivity index (χ1v) is 13.7. The molecule has 3 nitrogen and oxygen atoms in total. The number of aliphatic imine (C=N–C) groups is 1. The SMILES string of the molecule is CCCCN1Cc2[nH]c3ccc(Cl)cc3c2C(=Nc2ccc3ccccc3c2)C1C1CCCCC1. The molecular formula is C31H34ClN3. The van der Waals surface area contributed by atoms with E-state index in [0.717, 1.165) is 29.3 Å². The van der Waals surface area contributed by atoms with E-state index in [1.54, 1.807) is 0 Å². The molecule has 1 aromatic heterocycles. The van der Waals surface area contributed by atoms with Crippen LogP contribution in [0.3, 0.4) is 0 Å². The van der Waals surface area contributed by atoms with Gasteiger partial charge in [-0.2, -0.15) is 0 Å². The number of H-pyrrole nitrogens is 1. The number of hydrogen-bond donors (Lipinski definition) is 1. The summed E-state index contributed by atoms with van der Waals surface area (Å²) in [7, 11) is 0. The fraction of sp³-hybridized carbons (Fsp3) is 0.387. The highest BCUT2D eigenvalue weighted by Gasteiger charge is 2.39. The molecule has 1 N–H and O–H groups in total. The van der Waals surface area contributed by atoms with Crippen molar-refractivity contribution in [2.24, 2.45) is 10.9 Å². The number of nitrogens with one attached hydrogen (secondary N) is 1. The highest BCUT2D eigenvalue weighted by atomic mass is 35.5. The van der Waals surface area contributed by atoms with E-state index in [1.807, 2.05) is 6.07 Å². The molecule has 1 aliphatic carbocycles. The molecule has 0 radical (unpaired) electrons. The summed E-state index contributed by atoms with van der Waals surface area (Å²) in [4.78, 5) is 11.9. The summed E-state index contributed by atoms with van der Waals surface area (Å²) in [5.41, 5.74) is 6.01. The predicted molar refractivity (Wildman–Crippen MR) is 149 cm³/mol. The van der Waals surface area contributed by atoms with Gasteiger partial charge in [-0.15, -0.1) is 0 Å². The number of benzene rings is 3. The number of nitrogens with zero attached hydrogens (tertiary/aromatic N) is 2. The van der Waals surface area contributed by atoms with Gasteiger partial charge in [-0.3, -0.25) is 9.89 Å². The van der Waals surface area contributed by atoms with Crippen LogP contribution in [-0.4, -0.2) is 28.2 Å². The van der Waals surface area contributed by atoms with E-state index in [4.69, 9.17) is 16.6 Å². The quantitative estimate of drug-likeness (QED) is 0.302. The first-order chi connectivity index (χ1) is 17.2. The second-order valence-electron chi connectivity index (χ2n) is 10.4. The van der Waals surface area contributed by atoms with Crippen molar-refractivity contribution < 1.29 is 0 Å². The second kappa shape index (κ2) is 9.79. The molecule has 1 aliphatic heterocycles. The van der Waals surface area contributed by atoms with E-state index in [0.29, 0.717) is 12.0 Å². The number of rotatable bonds is 5. The number of aromatic nitrogens is 1. The molecule has 1 saturated carbocycles. The molecule has 0 bridgehead atoms. The maximum Gasteiger partial charge on any atom is 0.0682 e. The Bertz CT molecular complexity index is 1380. The third-order valence-electron chi connectivity index (χ3n) is 8.01. The Morgan fingerprint density at radius 1 is 0.971 bits per heavy atom. The molecule has 1 unspecified atom stereocenters. The zero-order chi connectivity index (χ0) is 23.8. The van der Waals surface area contributed by atoms with Gasteiger partial charge in [-0.05, 0) is 72.8 Å². The van der Waals surface area contributed by atoms with Gasteiger partial charge in [-0.25, -0.2) is 0 Å². The molecule has 1 atom stereocenters. The van der Waals surface area contributed by atoms with E-state index in [-0.39, 0.29) is 0 Å². The minimum absolute atomic E-state index is 0.346. The molecule has 4 heteroatoms. The fourth-order valence-corrected chi connectivity index (χ4v) is 6.48. The molecule has 0 amide bonds. The van der Waals surface area contributed by atoms with Crippen LogP contribution in [-0.2, 0) is 6.54 Å². The maximum atomic E-state index is 6.51. The lowest BCUT2D eigenvalue weighted by molar-refractivity contribution is 0.147. The van der Waals surface area contributed by atoms with Crippen LogP contribution in [0.4, 0.5) is 5.69 Å². The van der Waals surface area contributed by atoms with Crippen molar-refractivity contribution in [1.82, 2.24) is 9.88 Å². The van der Waals surface area contributed by atoms with Gasteiger partial charge in [0.05, 0.1) is 17.4 Å². The van der Waals surface area contributed by atoms with Gasteiger partial charge in [-0.1, -0.05) is 74.5 Å². The lowest BCUT2D eigenvalue weighted by atomic mass is 9.77. The van der Waals surface area contributed by atoms with Crippen LogP contribution in [0.2, 0.25) is 5.02 Å². The van der Waals surface area contributed by atoms with Crippen LogP contribution in [0.25, 0.3) is 21.7 Å². The molecule has 3 aromatic carbocycles. The Balaban J connectivity index is 1.56. The lowest BCUT2D eigenvalue weighted by Gasteiger charge is -2.42. The Morgan fingerprint density at radius 3 is 2.63 bits per heavy atom. The maximum absolute atomic E-state index is 6.51. The van der Waals surface area contributed by atoms with E-state index >= 15 is 0 Å². The molecular weight excluding hydrogens is 450 g/mol. The van der Waals surface area contributed by atoms with Crippen molar-refractivity contribution in [3.63, 3.8) is 0 Å². The largest absolute Gasteiger partial charge is 0.357 e. The average molecular weight is 484 g/mol. The van der Waals surface area contributed by atoms with Crippen molar-refractivity contribution >= 4 is 44.7 Å². The molecule has 35 heavy (non-hydrogen) atoms. The Hall–Kier alpha value is -2.62. The molecule has 0 saturated heterocycles. The summed E-state index contributed by atoms with van der Waals surface area (Å²) >= 11 is 6.51. The number of halogens is 1. The molecule has 4 aromatic rings. The van der Waals surface area contributed by atoms with Gasteiger partial charge in [0.1, 0.15) is 0 Å². The molecule has 0 spiro atoms. The minimum Gasteiger partial charge on any atom is -0.357 e. The normalized spacial score (nSPS) is 20.6. The first-order valence-electron chi connectivity index (χ1n) is 13.3. The second-order valence-corrected chi connectivity index (χ2v) is 10.8. The van der Waals surface area contributed by atoms with E-state index in [9.17, 15) is 0 Å². The zero-order valence-corrected chi connectivity index (χ0v) is 21.3. The van der Waals surface area contributed by atoms with E-state index < -0.39 is 0 Å². The Labute approximate surface area is 213 Å². The number of unbranched alkanes of at least 4 members (excludes halogenated alkanes) is 1. The van der Waals surface area contributed by atoms with Crippen LogP contribution in [0, 0.1) is 5.92 Å². The third kappa shape index (κ3) is 4.41. The van der Waals surface area contributed by atoms with Crippen LogP contribution >= 0.6 is 11.6 Å². The average Bonchev–Trinajstić information content (AvgIpc) is 3.25. The Morgan fingerprint density at radius 2 is 1.80 bits per heavy atom. The highest BCUT2D eigenvalue weighted by Crippen LogP contribution is 2.39. The monoisotopic (exact) mass is 483 g/mol. The van der Waals surface area contributed by atoms with E-state index in [1.165, 1.54) is 78.1 Å². The molecule has 1 fully saturated rings. The van der Waals surface area contributed by atoms with Crippen molar-refractivity contribution in [2.45, 2.75) is 64.5 Å². The van der Waals surface area contributed by atoms with Gasteiger partial charge < -0.3 is 4.98 Å². The van der Waals surface area contributed by atoms with Gasteiger partial charge in [0.25, 0.3) is 0 Å². The summed E-state index contributed by atoms with van der Waals surface area (Å²) < 4.78 is 0. The van der Waals surface area contributed by atoms with Gasteiger partial charge in [0.15, 0.2) is 0 Å². The van der Waals surface area contributed by atoms with Gasteiger partial charge in [0, 0.05) is 33.7 Å². The van der Waals surface area contributed by atoms with E-state index in [2.05, 4.69) is 71.4 Å². The summed E-state index contributed by atoms with van der Waals surface area (Å²) in [6.45, 7) is 4.36. The number of aromatic amines is 1. The lowest BCUT2D eigenvalue weighted by Crippen LogP contribution is -2.50. The van der Waals surface area contributed by atoms with Crippen LogP contribution in [0.15, 0.2) is 65.7 Å². The minimum atomic E-state index is 0.346. The third-order valence-corrected chi connectivity index (χ3v) is 8.24. The molecule has 180 valence electrons. The van der Waals surface area contributed by atoms with Crippen molar-refractivity contribution in [2.75, 3.05) is 6.54 Å². The standard InChI is InChI=1S/C31H34ClN3/c1-2-3-17-35-20-28-29(26-19-24(32)14-16-27(26)34-28)30(31(35)22-10-5-4-6-11-22)33-25-15-13-21-9-7-8-12-23(21)18-25/h7-9,12-16,18-19,22,31,34H,2-6,10-11,17,20H2,1H3. The van der Waals surface area contributed by atoms with Crippen molar-refractivity contribution in [3.8, 4) is 0 Å².